The third-order valence-electron chi connectivity index (χ3n) is 4.73. The van der Waals surface area contributed by atoms with Crippen LogP contribution < -0.4 is 14.8 Å². The average molecular weight is 416 g/mol. The van der Waals surface area contributed by atoms with Crippen LogP contribution >= 0.6 is 0 Å². The summed E-state index contributed by atoms with van der Waals surface area (Å²) in [6, 6.07) is 19.0. The Morgan fingerprint density at radius 2 is 1.71 bits per heavy atom. The predicted molar refractivity (Wildman–Crippen MR) is 120 cm³/mol. The molecule has 2 aromatic carbocycles. The summed E-state index contributed by atoms with van der Waals surface area (Å²) in [7, 11) is 0. The van der Waals surface area contributed by atoms with Gasteiger partial charge in [-0.3, -0.25) is 4.79 Å². The maximum absolute atomic E-state index is 12.6. The van der Waals surface area contributed by atoms with Crippen LogP contribution in [0.2, 0.25) is 0 Å². The molecule has 0 aliphatic rings. The summed E-state index contributed by atoms with van der Waals surface area (Å²) in [6.45, 7) is 6.16. The largest absolute Gasteiger partial charge is 0.490 e. The lowest BCUT2D eigenvalue weighted by atomic mass is 10.1. The van der Waals surface area contributed by atoms with Gasteiger partial charge in [-0.1, -0.05) is 30.3 Å². The van der Waals surface area contributed by atoms with Crippen molar-refractivity contribution in [2.45, 2.75) is 20.8 Å². The number of fused-ring (bicyclic) bond motifs is 1. The zero-order chi connectivity index (χ0) is 21.8. The topological polar surface area (TPSA) is 78.3 Å². The Morgan fingerprint density at radius 3 is 2.48 bits per heavy atom. The van der Waals surface area contributed by atoms with Gasteiger partial charge in [0.1, 0.15) is 5.82 Å². The molecule has 7 heteroatoms. The number of nitrogens with one attached hydrogen (secondary N) is 1. The van der Waals surface area contributed by atoms with Crippen LogP contribution in [0, 0.1) is 13.8 Å². The van der Waals surface area contributed by atoms with Gasteiger partial charge in [0.05, 0.1) is 17.8 Å². The van der Waals surface area contributed by atoms with Crippen LogP contribution in [0.3, 0.4) is 0 Å². The van der Waals surface area contributed by atoms with Gasteiger partial charge in [-0.15, -0.1) is 0 Å². The smallest absolute Gasteiger partial charge is 0.263 e. The van der Waals surface area contributed by atoms with Gasteiger partial charge in [-0.2, -0.15) is 9.78 Å². The van der Waals surface area contributed by atoms with Crippen LogP contribution in [0.5, 0.6) is 11.5 Å². The number of nitrogens with zero attached hydrogens (tertiary/aromatic N) is 3. The Morgan fingerprint density at radius 1 is 1.00 bits per heavy atom. The van der Waals surface area contributed by atoms with E-state index in [1.54, 1.807) is 16.8 Å². The van der Waals surface area contributed by atoms with E-state index in [0.717, 1.165) is 22.2 Å². The lowest BCUT2D eigenvalue weighted by Crippen LogP contribution is -2.22. The molecule has 0 spiro atoms. The molecule has 2 heterocycles. The number of para-hydroxylation sites is 3. The average Bonchev–Trinajstić information content (AvgIpc) is 3.13. The van der Waals surface area contributed by atoms with Gasteiger partial charge in [0.15, 0.2) is 23.9 Å². The second kappa shape index (κ2) is 8.87. The van der Waals surface area contributed by atoms with Gasteiger partial charge in [0.2, 0.25) is 0 Å². The number of benzene rings is 2. The van der Waals surface area contributed by atoms with Gasteiger partial charge in [-0.05, 0) is 50.6 Å². The van der Waals surface area contributed by atoms with Crippen LogP contribution in [0.4, 0.5) is 5.82 Å². The highest BCUT2D eigenvalue weighted by Crippen LogP contribution is 2.26. The number of anilines is 1. The van der Waals surface area contributed by atoms with Crippen molar-refractivity contribution in [1.29, 1.82) is 0 Å². The molecule has 0 bridgehead atoms. The van der Waals surface area contributed by atoms with E-state index in [1.807, 2.05) is 69.3 Å². The molecule has 4 aromatic rings. The van der Waals surface area contributed by atoms with Gasteiger partial charge >= 0.3 is 0 Å². The van der Waals surface area contributed by atoms with Crippen molar-refractivity contribution in [3.63, 3.8) is 0 Å². The molecule has 1 amide bonds. The first-order valence-corrected chi connectivity index (χ1v) is 10.1. The fraction of sp³-hybridized carbons (Fsp3) is 0.208. The maximum Gasteiger partial charge on any atom is 0.263 e. The van der Waals surface area contributed by atoms with Crippen LogP contribution in [0.1, 0.15) is 18.2 Å². The minimum atomic E-state index is -0.301. The fourth-order valence-electron chi connectivity index (χ4n) is 3.37. The summed E-state index contributed by atoms with van der Waals surface area (Å²) in [5.74, 6) is 2.00. The van der Waals surface area contributed by atoms with Crippen molar-refractivity contribution in [3.05, 3.63) is 71.9 Å². The SMILES string of the molecule is CCOc1ccccc1OCC(=O)Nc1cc(C)nn1-c1cc(C)c2ccccc2n1. The zero-order valence-electron chi connectivity index (χ0n) is 17.8. The fourth-order valence-corrected chi connectivity index (χ4v) is 3.37. The van der Waals surface area contributed by atoms with Crippen LogP contribution in [0.25, 0.3) is 16.7 Å². The van der Waals surface area contributed by atoms with Crippen molar-refractivity contribution < 1.29 is 14.3 Å². The quantitative estimate of drug-likeness (QED) is 0.481. The lowest BCUT2D eigenvalue weighted by Gasteiger charge is -2.13. The number of hydrogen-bond donors (Lipinski definition) is 1. The van der Waals surface area contributed by atoms with Crippen LogP contribution in [0.15, 0.2) is 60.7 Å². The Bertz CT molecular complexity index is 1230. The molecule has 158 valence electrons. The summed E-state index contributed by atoms with van der Waals surface area (Å²) >= 11 is 0. The van der Waals surface area contributed by atoms with E-state index in [0.29, 0.717) is 29.7 Å². The molecule has 0 aliphatic heterocycles. The number of rotatable bonds is 7. The Balaban J connectivity index is 1.54. The normalized spacial score (nSPS) is 10.8. The van der Waals surface area contributed by atoms with E-state index in [4.69, 9.17) is 14.5 Å². The molecule has 0 atom stereocenters. The first-order chi connectivity index (χ1) is 15.0. The highest BCUT2D eigenvalue weighted by atomic mass is 16.5. The standard InChI is InChI=1S/C24H24N4O3/c1-4-30-20-11-7-8-12-21(20)31-15-24(29)26-23-14-17(3)27-28(23)22-13-16(2)18-9-5-6-10-19(18)25-22/h5-14H,4,15H2,1-3H3,(H,26,29). The number of aromatic nitrogens is 3. The third kappa shape index (κ3) is 4.50. The molecule has 2 aromatic heterocycles. The molecule has 0 saturated carbocycles. The Hall–Kier alpha value is -3.87. The summed E-state index contributed by atoms with van der Waals surface area (Å²) in [4.78, 5) is 17.3. The summed E-state index contributed by atoms with van der Waals surface area (Å²) in [5, 5.41) is 8.48. The van der Waals surface area contributed by atoms with E-state index in [2.05, 4.69) is 10.4 Å². The van der Waals surface area contributed by atoms with Gasteiger partial charge in [-0.25, -0.2) is 4.98 Å². The number of pyridine rings is 1. The molecule has 0 radical (unpaired) electrons. The van der Waals surface area contributed by atoms with E-state index >= 15 is 0 Å². The lowest BCUT2D eigenvalue weighted by molar-refractivity contribution is -0.118. The molecule has 7 nitrogen and oxygen atoms in total. The second-order valence-electron chi connectivity index (χ2n) is 7.11. The molecule has 0 unspecified atom stereocenters. The molecule has 31 heavy (non-hydrogen) atoms. The van der Waals surface area contributed by atoms with Crippen molar-refractivity contribution in [3.8, 4) is 17.3 Å². The maximum atomic E-state index is 12.6. The highest BCUT2D eigenvalue weighted by molar-refractivity contribution is 5.91. The number of ether oxygens (including phenoxy) is 2. The Labute approximate surface area is 180 Å². The predicted octanol–water partition coefficient (Wildman–Crippen LogP) is 4.45. The van der Waals surface area contributed by atoms with Gasteiger partial charge in [0.25, 0.3) is 5.91 Å². The molecular formula is C24H24N4O3. The molecule has 4 rings (SSSR count). The zero-order valence-corrected chi connectivity index (χ0v) is 17.8. The Kier molecular flexibility index (Phi) is 5.84. The molecule has 0 saturated heterocycles. The van der Waals surface area contributed by atoms with E-state index in [1.165, 1.54) is 0 Å². The number of aryl methyl sites for hydroxylation is 2. The summed E-state index contributed by atoms with van der Waals surface area (Å²) in [5.41, 5.74) is 2.73. The van der Waals surface area contributed by atoms with E-state index < -0.39 is 0 Å². The number of hydrogen-bond acceptors (Lipinski definition) is 5. The van der Waals surface area contributed by atoms with Crippen LogP contribution in [-0.2, 0) is 4.79 Å². The van der Waals surface area contributed by atoms with E-state index in [-0.39, 0.29) is 12.5 Å². The molecule has 0 aliphatic carbocycles. The molecule has 0 fully saturated rings. The van der Waals surface area contributed by atoms with Crippen molar-refractivity contribution in [1.82, 2.24) is 14.8 Å². The first-order valence-electron chi connectivity index (χ1n) is 10.1. The highest BCUT2D eigenvalue weighted by Gasteiger charge is 2.14. The number of carbonyl (C=O) groups is 1. The van der Waals surface area contributed by atoms with Crippen molar-refractivity contribution in [2.75, 3.05) is 18.5 Å². The number of amides is 1. The molecular weight excluding hydrogens is 392 g/mol. The second-order valence-corrected chi connectivity index (χ2v) is 7.11. The van der Waals surface area contributed by atoms with Crippen molar-refractivity contribution in [2.24, 2.45) is 0 Å². The summed E-state index contributed by atoms with van der Waals surface area (Å²) in [6.07, 6.45) is 0. The van der Waals surface area contributed by atoms with Gasteiger partial charge in [0, 0.05) is 11.5 Å². The number of carbonyl (C=O) groups excluding carboxylic acids is 1. The van der Waals surface area contributed by atoms with Gasteiger partial charge < -0.3 is 14.8 Å². The third-order valence-corrected chi connectivity index (χ3v) is 4.73. The first kappa shape index (κ1) is 20.4. The monoisotopic (exact) mass is 416 g/mol. The van der Waals surface area contributed by atoms with Crippen molar-refractivity contribution >= 4 is 22.6 Å². The summed E-state index contributed by atoms with van der Waals surface area (Å²) < 4.78 is 12.8. The van der Waals surface area contributed by atoms with Crippen LogP contribution in [-0.4, -0.2) is 33.9 Å². The minimum absolute atomic E-state index is 0.154. The molecule has 1 N–H and O–H groups in total. The van der Waals surface area contributed by atoms with E-state index in [9.17, 15) is 4.79 Å². The minimum Gasteiger partial charge on any atom is -0.490 e.